The first kappa shape index (κ1) is 11.9. The summed E-state index contributed by atoms with van der Waals surface area (Å²) in [6.45, 7) is 4.00. The largest absolute Gasteiger partial charge is 0.139 e. The summed E-state index contributed by atoms with van der Waals surface area (Å²) in [5, 5.41) is 0. The van der Waals surface area contributed by atoms with Crippen LogP contribution in [0.15, 0.2) is 60.4 Å². The summed E-state index contributed by atoms with van der Waals surface area (Å²) in [4.78, 5) is 2.72. The van der Waals surface area contributed by atoms with Crippen LogP contribution in [0.1, 0.15) is 29.5 Å². The number of rotatable bonds is 2. The molecule has 0 radical (unpaired) electrons. The highest BCUT2D eigenvalue weighted by Crippen LogP contribution is 2.33. The van der Waals surface area contributed by atoms with Gasteiger partial charge in [-0.2, -0.15) is 0 Å². The van der Waals surface area contributed by atoms with E-state index in [-0.39, 0.29) is 0 Å². The maximum absolute atomic E-state index is 3.23. The van der Waals surface area contributed by atoms with Crippen molar-refractivity contribution in [2.45, 2.75) is 19.8 Å². The summed E-state index contributed by atoms with van der Waals surface area (Å²) in [6.07, 6.45) is 14.8. The minimum Gasteiger partial charge on any atom is -0.139 e. The summed E-state index contributed by atoms with van der Waals surface area (Å²) in [5.41, 5.74) is 4.44. The van der Waals surface area contributed by atoms with E-state index < -0.39 is 0 Å². The van der Waals surface area contributed by atoms with E-state index in [0.29, 0.717) is 5.92 Å². The fourth-order valence-corrected chi connectivity index (χ4v) is 2.84. The summed E-state index contributed by atoms with van der Waals surface area (Å²) < 4.78 is 0. The van der Waals surface area contributed by atoms with E-state index in [1.807, 2.05) is 37.3 Å². The Morgan fingerprint density at radius 3 is 2.47 bits per heavy atom. The van der Waals surface area contributed by atoms with Gasteiger partial charge in [-0.15, -0.1) is 17.1 Å². The van der Waals surface area contributed by atoms with Gasteiger partial charge in [-0.1, -0.05) is 44.2 Å². The standard InChI is InChI=1S/C14H10S.C2H6/c1-2-6-11(5-1)13-9-10-14(15-13)12-7-3-4-8-12;1-2/h1-7,9-11H;1-2H3. The maximum Gasteiger partial charge on any atom is 0.0423 e. The zero-order valence-corrected chi connectivity index (χ0v) is 11.0. The van der Waals surface area contributed by atoms with Gasteiger partial charge in [0.1, 0.15) is 0 Å². The first-order valence-corrected chi connectivity index (χ1v) is 6.83. The zero-order valence-electron chi connectivity index (χ0n) is 10.2. The molecule has 1 heteroatoms. The normalized spacial score (nSPS) is 16.2. The molecule has 0 amide bonds. The monoisotopic (exact) mass is 240 g/mol. The molecular weight excluding hydrogens is 224 g/mol. The Kier molecular flexibility index (Phi) is 3.98. The van der Waals surface area contributed by atoms with Crippen LogP contribution in [0.4, 0.5) is 0 Å². The molecule has 0 atom stereocenters. The fourth-order valence-electron chi connectivity index (χ4n) is 1.78. The van der Waals surface area contributed by atoms with Crippen LogP contribution in [0.3, 0.4) is 0 Å². The molecule has 2 aliphatic rings. The second-order valence-electron chi connectivity index (χ2n) is 3.58. The molecule has 0 spiro atoms. The maximum atomic E-state index is 3.23. The van der Waals surface area contributed by atoms with Crippen LogP contribution in [0, 0.1) is 0 Å². The molecule has 1 heterocycles. The van der Waals surface area contributed by atoms with Crippen LogP contribution in [0.25, 0.3) is 5.57 Å². The van der Waals surface area contributed by atoms with Crippen molar-refractivity contribution in [2.24, 2.45) is 0 Å². The quantitative estimate of drug-likeness (QED) is 0.631. The fraction of sp³-hybridized carbons (Fsp3) is 0.188. The first-order valence-electron chi connectivity index (χ1n) is 6.02. The highest BCUT2D eigenvalue weighted by molar-refractivity contribution is 7.13. The molecule has 1 aromatic rings. The van der Waals surface area contributed by atoms with Gasteiger partial charge in [0, 0.05) is 21.2 Å². The van der Waals surface area contributed by atoms with Crippen LogP contribution >= 0.6 is 11.3 Å². The van der Waals surface area contributed by atoms with Gasteiger partial charge in [0.15, 0.2) is 0 Å². The van der Waals surface area contributed by atoms with Crippen molar-refractivity contribution in [2.75, 3.05) is 0 Å². The van der Waals surface area contributed by atoms with E-state index in [1.165, 1.54) is 15.3 Å². The third kappa shape index (κ3) is 2.58. The van der Waals surface area contributed by atoms with Crippen LogP contribution in [-0.4, -0.2) is 0 Å². The Morgan fingerprint density at radius 2 is 1.82 bits per heavy atom. The van der Waals surface area contributed by atoms with Crippen LogP contribution < -0.4 is 0 Å². The van der Waals surface area contributed by atoms with Crippen molar-refractivity contribution in [1.29, 1.82) is 0 Å². The molecule has 2 aliphatic carbocycles. The van der Waals surface area contributed by atoms with Gasteiger partial charge in [0.2, 0.25) is 0 Å². The van der Waals surface area contributed by atoms with Crippen LogP contribution in [0.5, 0.6) is 0 Å². The van der Waals surface area contributed by atoms with E-state index in [1.54, 1.807) is 0 Å². The third-order valence-electron chi connectivity index (χ3n) is 2.57. The average molecular weight is 240 g/mol. The predicted molar refractivity (Wildman–Crippen MR) is 77.3 cm³/mol. The van der Waals surface area contributed by atoms with Crippen molar-refractivity contribution < 1.29 is 0 Å². The van der Waals surface area contributed by atoms with E-state index in [4.69, 9.17) is 0 Å². The Bertz CT molecular complexity index is 520. The predicted octanol–water partition coefficient (Wildman–Crippen LogP) is 5.09. The minimum atomic E-state index is 0.485. The first-order chi connectivity index (χ1) is 8.43. The summed E-state index contributed by atoms with van der Waals surface area (Å²) in [7, 11) is 0. The van der Waals surface area contributed by atoms with Gasteiger partial charge < -0.3 is 0 Å². The van der Waals surface area contributed by atoms with Crippen LogP contribution in [0.2, 0.25) is 0 Å². The smallest absolute Gasteiger partial charge is 0.0423 e. The van der Waals surface area contributed by atoms with Gasteiger partial charge in [-0.05, 0) is 24.3 Å². The number of allylic oxidation sites excluding steroid dienone is 7. The molecule has 0 bridgehead atoms. The van der Waals surface area contributed by atoms with Crippen molar-refractivity contribution in [3.05, 3.63) is 70.2 Å². The van der Waals surface area contributed by atoms with Crippen LogP contribution in [-0.2, 0) is 0 Å². The lowest BCUT2D eigenvalue weighted by Gasteiger charge is -1.99. The molecule has 0 aromatic carbocycles. The van der Waals surface area contributed by atoms with Gasteiger partial charge >= 0.3 is 0 Å². The average Bonchev–Trinajstić information content (AvgIpc) is 3.13. The molecule has 3 rings (SSSR count). The second kappa shape index (κ2) is 5.67. The van der Waals surface area contributed by atoms with Crippen molar-refractivity contribution in [3.63, 3.8) is 0 Å². The molecular formula is C16H16S. The minimum absolute atomic E-state index is 0.485. The SMILES string of the molecule is C1=CC=CC=1c1ccc(C2C=CC=C2)s1.CC. The van der Waals surface area contributed by atoms with E-state index >= 15 is 0 Å². The molecule has 86 valence electrons. The van der Waals surface area contributed by atoms with E-state index in [0.717, 1.165) is 0 Å². The number of hydrogen-bond acceptors (Lipinski definition) is 1. The summed E-state index contributed by atoms with van der Waals surface area (Å²) >= 11 is 1.85. The Hall–Kier alpha value is -1.56. The topological polar surface area (TPSA) is 0 Å². The van der Waals surface area contributed by atoms with Gasteiger partial charge in [0.05, 0.1) is 0 Å². The van der Waals surface area contributed by atoms with Crippen molar-refractivity contribution >= 4 is 16.9 Å². The van der Waals surface area contributed by atoms with Gasteiger partial charge in [0.25, 0.3) is 0 Å². The summed E-state index contributed by atoms with van der Waals surface area (Å²) in [6, 6.07) is 4.40. The molecule has 0 saturated heterocycles. The third-order valence-corrected chi connectivity index (χ3v) is 3.79. The molecule has 0 nitrogen and oxygen atoms in total. The lowest BCUT2D eigenvalue weighted by Crippen LogP contribution is -1.81. The second-order valence-corrected chi connectivity index (χ2v) is 4.70. The van der Waals surface area contributed by atoms with E-state index in [9.17, 15) is 0 Å². The highest BCUT2D eigenvalue weighted by Gasteiger charge is 2.11. The lowest BCUT2D eigenvalue weighted by molar-refractivity contribution is 1.15. The molecule has 17 heavy (non-hydrogen) atoms. The Balaban J connectivity index is 0.000000514. The Morgan fingerprint density at radius 1 is 1.06 bits per heavy atom. The summed E-state index contributed by atoms with van der Waals surface area (Å²) in [5.74, 6) is 0.485. The van der Waals surface area contributed by atoms with Gasteiger partial charge in [-0.25, -0.2) is 0 Å². The zero-order chi connectivity index (χ0) is 12.1. The number of thiophene rings is 1. The highest BCUT2D eigenvalue weighted by atomic mass is 32.1. The Labute approximate surface area is 107 Å². The molecule has 0 N–H and O–H groups in total. The molecule has 0 fully saturated rings. The van der Waals surface area contributed by atoms with E-state index in [2.05, 4.69) is 48.2 Å². The molecule has 0 unspecified atom stereocenters. The number of hydrogen-bond donors (Lipinski definition) is 0. The lowest BCUT2D eigenvalue weighted by atomic mass is 10.1. The van der Waals surface area contributed by atoms with Crippen molar-refractivity contribution in [1.82, 2.24) is 0 Å². The molecule has 0 saturated carbocycles. The van der Waals surface area contributed by atoms with Gasteiger partial charge in [-0.3, -0.25) is 0 Å². The molecule has 0 aliphatic heterocycles. The molecule has 1 aromatic heterocycles. The van der Waals surface area contributed by atoms with Crippen molar-refractivity contribution in [3.8, 4) is 0 Å².